The Hall–Kier alpha value is -2.24. The minimum absolute atomic E-state index is 0.144. The zero-order chi connectivity index (χ0) is 14.5. The Bertz CT molecular complexity index is 512. The lowest BCUT2D eigenvalue weighted by molar-refractivity contribution is -0.123. The molecule has 1 fully saturated rings. The van der Waals surface area contributed by atoms with E-state index in [1.165, 1.54) is 20.0 Å². The van der Waals surface area contributed by atoms with Crippen LogP contribution in [0.2, 0.25) is 0 Å². The topological polar surface area (TPSA) is 90.7 Å². The third kappa shape index (κ3) is 3.63. The SMILES string of the molecule is COC(=O)c1c(N)cccc1OCC(=O)NCC1CC1. The molecule has 0 radical (unpaired) electrons. The molecule has 2 rings (SSSR count). The second-order valence-corrected chi connectivity index (χ2v) is 4.75. The maximum absolute atomic E-state index is 11.6. The summed E-state index contributed by atoms with van der Waals surface area (Å²) in [5.74, 6) is 0.0574. The van der Waals surface area contributed by atoms with E-state index in [4.69, 9.17) is 10.5 Å². The Morgan fingerprint density at radius 3 is 2.80 bits per heavy atom. The van der Waals surface area contributed by atoms with Crippen molar-refractivity contribution in [1.82, 2.24) is 5.32 Å². The van der Waals surface area contributed by atoms with Crippen molar-refractivity contribution in [3.63, 3.8) is 0 Å². The number of anilines is 1. The molecule has 0 heterocycles. The van der Waals surface area contributed by atoms with Gasteiger partial charge in [-0.25, -0.2) is 4.79 Å². The van der Waals surface area contributed by atoms with E-state index in [9.17, 15) is 9.59 Å². The molecule has 1 amide bonds. The van der Waals surface area contributed by atoms with Gasteiger partial charge in [-0.2, -0.15) is 0 Å². The van der Waals surface area contributed by atoms with E-state index in [2.05, 4.69) is 10.1 Å². The number of nitrogens with two attached hydrogens (primary N) is 1. The number of hydrogen-bond acceptors (Lipinski definition) is 5. The molecule has 1 saturated carbocycles. The summed E-state index contributed by atoms with van der Waals surface area (Å²) in [6.07, 6.45) is 2.34. The maximum Gasteiger partial charge on any atom is 0.343 e. The van der Waals surface area contributed by atoms with Gasteiger partial charge in [0.15, 0.2) is 6.61 Å². The Morgan fingerprint density at radius 1 is 1.40 bits per heavy atom. The van der Waals surface area contributed by atoms with Gasteiger partial charge in [-0.15, -0.1) is 0 Å². The number of amides is 1. The van der Waals surface area contributed by atoms with Crippen LogP contribution in [0.4, 0.5) is 5.69 Å². The summed E-state index contributed by atoms with van der Waals surface area (Å²) >= 11 is 0. The quantitative estimate of drug-likeness (QED) is 0.597. The number of nitrogens with one attached hydrogen (secondary N) is 1. The predicted molar refractivity (Wildman–Crippen MR) is 73.4 cm³/mol. The molecule has 1 aromatic carbocycles. The molecule has 0 spiro atoms. The van der Waals surface area contributed by atoms with E-state index < -0.39 is 5.97 Å². The third-order valence-electron chi connectivity index (χ3n) is 3.09. The fourth-order valence-electron chi connectivity index (χ4n) is 1.76. The predicted octanol–water partition coefficient (Wildman–Crippen LogP) is 0.960. The van der Waals surface area contributed by atoms with Crippen LogP contribution < -0.4 is 15.8 Å². The monoisotopic (exact) mass is 278 g/mol. The molecule has 108 valence electrons. The first kappa shape index (κ1) is 14.2. The normalized spacial score (nSPS) is 13.7. The van der Waals surface area contributed by atoms with E-state index in [0.29, 0.717) is 12.5 Å². The first-order chi connectivity index (χ1) is 9.61. The van der Waals surface area contributed by atoms with Crippen molar-refractivity contribution in [2.45, 2.75) is 12.8 Å². The van der Waals surface area contributed by atoms with Crippen molar-refractivity contribution in [2.24, 2.45) is 5.92 Å². The number of ether oxygens (including phenoxy) is 2. The number of benzene rings is 1. The van der Waals surface area contributed by atoms with Crippen LogP contribution in [-0.2, 0) is 9.53 Å². The van der Waals surface area contributed by atoms with Gasteiger partial charge in [0.1, 0.15) is 11.3 Å². The van der Waals surface area contributed by atoms with Crippen LogP contribution in [-0.4, -0.2) is 32.1 Å². The summed E-state index contributed by atoms with van der Waals surface area (Å²) in [5, 5.41) is 2.78. The van der Waals surface area contributed by atoms with Gasteiger partial charge in [-0.05, 0) is 30.9 Å². The molecule has 1 aromatic rings. The zero-order valence-electron chi connectivity index (χ0n) is 11.3. The fourth-order valence-corrected chi connectivity index (χ4v) is 1.76. The average molecular weight is 278 g/mol. The molecule has 3 N–H and O–H groups in total. The third-order valence-corrected chi connectivity index (χ3v) is 3.09. The standard InChI is InChI=1S/C14H18N2O4/c1-19-14(18)13-10(15)3-2-4-11(13)20-8-12(17)16-7-9-5-6-9/h2-4,9H,5-8,15H2,1H3,(H,16,17). The molecule has 0 aromatic heterocycles. The molecule has 0 unspecified atom stereocenters. The van der Waals surface area contributed by atoms with Crippen molar-refractivity contribution < 1.29 is 19.1 Å². The van der Waals surface area contributed by atoms with E-state index in [1.54, 1.807) is 18.2 Å². The van der Waals surface area contributed by atoms with Crippen LogP contribution in [0, 0.1) is 5.92 Å². The second-order valence-electron chi connectivity index (χ2n) is 4.75. The van der Waals surface area contributed by atoms with Crippen molar-refractivity contribution in [2.75, 3.05) is 26.0 Å². The molecular weight excluding hydrogens is 260 g/mol. The van der Waals surface area contributed by atoms with Gasteiger partial charge in [0.25, 0.3) is 5.91 Å². The molecular formula is C14H18N2O4. The van der Waals surface area contributed by atoms with Crippen molar-refractivity contribution in [3.05, 3.63) is 23.8 Å². The van der Waals surface area contributed by atoms with E-state index >= 15 is 0 Å². The highest BCUT2D eigenvalue weighted by atomic mass is 16.5. The van der Waals surface area contributed by atoms with Crippen molar-refractivity contribution in [1.29, 1.82) is 0 Å². The van der Waals surface area contributed by atoms with Crippen molar-refractivity contribution >= 4 is 17.6 Å². The number of rotatable bonds is 6. The summed E-state index contributed by atoms with van der Waals surface area (Å²) in [6.45, 7) is 0.531. The smallest absolute Gasteiger partial charge is 0.343 e. The lowest BCUT2D eigenvalue weighted by Crippen LogP contribution is -2.30. The van der Waals surface area contributed by atoms with Crippen LogP contribution in [0.1, 0.15) is 23.2 Å². The molecule has 0 bridgehead atoms. The van der Waals surface area contributed by atoms with Crippen LogP contribution >= 0.6 is 0 Å². The highest BCUT2D eigenvalue weighted by Gasteiger charge is 2.22. The highest BCUT2D eigenvalue weighted by Crippen LogP contribution is 2.27. The highest BCUT2D eigenvalue weighted by molar-refractivity contribution is 5.98. The first-order valence-electron chi connectivity index (χ1n) is 6.48. The van der Waals surface area contributed by atoms with Gasteiger partial charge in [0.2, 0.25) is 0 Å². The number of esters is 1. The first-order valence-corrected chi connectivity index (χ1v) is 6.48. The molecule has 20 heavy (non-hydrogen) atoms. The Balaban J connectivity index is 1.95. The number of nitrogen functional groups attached to an aromatic ring is 1. The van der Waals surface area contributed by atoms with Gasteiger partial charge in [-0.1, -0.05) is 6.07 Å². The molecule has 6 nitrogen and oxygen atoms in total. The fraction of sp³-hybridized carbons (Fsp3) is 0.429. The van der Waals surface area contributed by atoms with E-state index in [0.717, 1.165) is 0 Å². The summed E-state index contributed by atoms with van der Waals surface area (Å²) < 4.78 is 10.0. The number of carbonyl (C=O) groups excluding carboxylic acids is 2. The van der Waals surface area contributed by atoms with Gasteiger partial charge >= 0.3 is 5.97 Å². The summed E-state index contributed by atoms with van der Waals surface area (Å²) in [4.78, 5) is 23.2. The average Bonchev–Trinajstić information content (AvgIpc) is 3.26. The number of methoxy groups -OCH3 is 1. The molecule has 1 aliphatic carbocycles. The second kappa shape index (κ2) is 6.27. The molecule has 6 heteroatoms. The number of hydrogen-bond donors (Lipinski definition) is 2. The van der Waals surface area contributed by atoms with Gasteiger partial charge in [-0.3, -0.25) is 4.79 Å². The minimum atomic E-state index is -0.587. The molecule has 0 saturated heterocycles. The molecule has 0 atom stereocenters. The van der Waals surface area contributed by atoms with Crippen LogP contribution in [0.3, 0.4) is 0 Å². The van der Waals surface area contributed by atoms with Gasteiger partial charge in [0, 0.05) is 12.2 Å². The van der Waals surface area contributed by atoms with Crippen LogP contribution in [0.5, 0.6) is 5.75 Å². The molecule has 0 aliphatic heterocycles. The van der Waals surface area contributed by atoms with Gasteiger partial charge in [0.05, 0.1) is 7.11 Å². The zero-order valence-corrected chi connectivity index (χ0v) is 11.3. The summed E-state index contributed by atoms with van der Waals surface area (Å²) in [6, 6.07) is 4.81. The van der Waals surface area contributed by atoms with Gasteiger partial charge < -0.3 is 20.5 Å². The summed E-state index contributed by atoms with van der Waals surface area (Å²) in [7, 11) is 1.26. The van der Waals surface area contributed by atoms with Crippen molar-refractivity contribution in [3.8, 4) is 5.75 Å². The van der Waals surface area contributed by atoms with Crippen LogP contribution in [0.25, 0.3) is 0 Å². The maximum atomic E-state index is 11.6. The number of carbonyl (C=O) groups is 2. The lowest BCUT2D eigenvalue weighted by Gasteiger charge is -2.12. The Morgan fingerprint density at radius 2 is 2.15 bits per heavy atom. The van der Waals surface area contributed by atoms with E-state index in [-0.39, 0.29) is 29.5 Å². The Kier molecular flexibility index (Phi) is 4.45. The summed E-state index contributed by atoms with van der Waals surface area (Å²) in [5.41, 5.74) is 6.13. The Labute approximate surface area is 117 Å². The van der Waals surface area contributed by atoms with Crippen LogP contribution in [0.15, 0.2) is 18.2 Å². The molecule has 1 aliphatic rings. The largest absolute Gasteiger partial charge is 0.483 e. The minimum Gasteiger partial charge on any atom is -0.483 e. The lowest BCUT2D eigenvalue weighted by atomic mass is 10.1. The van der Waals surface area contributed by atoms with E-state index in [1.807, 2.05) is 0 Å².